The van der Waals surface area contributed by atoms with Crippen molar-refractivity contribution in [1.82, 2.24) is 14.7 Å². The Hall–Kier alpha value is -2.71. The van der Waals surface area contributed by atoms with Crippen molar-refractivity contribution >= 4 is 32.7 Å². The zero-order valence-corrected chi connectivity index (χ0v) is 13.7. The number of nitrogens with zero attached hydrogens (tertiary/aromatic N) is 1. The maximum Gasteiger partial charge on any atom is 0.240 e. The maximum atomic E-state index is 12.3. The molecule has 0 bridgehead atoms. The molecule has 1 aromatic heterocycles. The molecule has 0 unspecified atom stereocenters. The summed E-state index contributed by atoms with van der Waals surface area (Å²) in [6, 6.07) is 13.4. The van der Waals surface area contributed by atoms with Crippen LogP contribution in [0.25, 0.3) is 11.0 Å². The summed E-state index contributed by atoms with van der Waals surface area (Å²) < 4.78 is 27.1. The zero-order chi connectivity index (χ0) is 17.2. The van der Waals surface area contributed by atoms with Gasteiger partial charge in [0.25, 0.3) is 0 Å². The molecule has 7 nitrogen and oxygen atoms in total. The van der Waals surface area contributed by atoms with E-state index >= 15 is 0 Å². The predicted octanol–water partition coefficient (Wildman–Crippen LogP) is 2.00. The minimum absolute atomic E-state index is 0.0600. The highest BCUT2D eigenvalue weighted by Crippen LogP contribution is 2.15. The van der Waals surface area contributed by atoms with Gasteiger partial charge in [0.05, 0.1) is 22.5 Å². The number of rotatable bonds is 5. The highest BCUT2D eigenvalue weighted by atomic mass is 32.2. The van der Waals surface area contributed by atoms with Crippen molar-refractivity contribution in [3.05, 3.63) is 54.4 Å². The fourth-order valence-electron chi connectivity index (χ4n) is 2.26. The Balaban J connectivity index is 1.72. The number of H-pyrrole nitrogens is 1. The number of carbonyl (C=O) groups is 1. The van der Waals surface area contributed by atoms with E-state index in [2.05, 4.69) is 20.0 Å². The topological polar surface area (TPSA) is 104 Å². The first-order chi connectivity index (χ1) is 11.4. The van der Waals surface area contributed by atoms with Crippen LogP contribution in [0, 0.1) is 0 Å². The van der Waals surface area contributed by atoms with Gasteiger partial charge in [0.1, 0.15) is 5.82 Å². The van der Waals surface area contributed by atoms with Crippen LogP contribution in [0.2, 0.25) is 0 Å². The molecular weight excluding hydrogens is 328 g/mol. The molecule has 0 spiro atoms. The molecule has 3 N–H and O–H groups in total. The zero-order valence-electron chi connectivity index (χ0n) is 12.9. The fourth-order valence-corrected chi connectivity index (χ4v) is 3.24. The first-order valence-electron chi connectivity index (χ1n) is 7.25. The molecule has 8 heteroatoms. The summed E-state index contributed by atoms with van der Waals surface area (Å²) in [5, 5.41) is 2.59. The molecule has 0 saturated heterocycles. The Morgan fingerprint density at radius 2 is 1.83 bits per heavy atom. The van der Waals surface area contributed by atoms with Crippen LogP contribution in [0.15, 0.2) is 53.4 Å². The number of nitrogens with one attached hydrogen (secondary N) is 3. The van der Waals surface area contributed by atoms with Gasteiger partial charge in [-0.2, -0.15) is 0 Å². The number of sulfonamides is 1. The molecule has 0 aliphatic heterocycles. The number of benzene rings is 2. The largest absolute Gasteiger partial charge is 0.341 e. The Kier molecular flexibility index (Phi) is 4.32. The number of aromatic nitrogens is 2. The molecule has 3 rings (SSSR count). The van der Waals surface area contributed by atoms with E-state index in [1.54, 1.807) is 0 Å². The van der Waals surface area contributed by atoms with Gasteiger partial charge in [0.15, 0.2) is 0 Å². The number of aromatic amines is 1. The lowest BCUT2D eigenvalue weighted by Crippen LogP contribution is -2.23. The molecule has 1 heterocycles. The summed E-state index contributed by atoms with van der Waals surface area (Å²) in [5.74, 6) is 0.322. The molecule has 0 saturated carbocycles. The van der Waals surface area contributed by atoms with Crippen LogP contribution in [-0.2, 0) is 21.4 Å². The number of fused-ring (bicyclic) bond motifs is 1. The van der Waals surface area contributed by atoms with Gasteiger partial charge in [-0.1, -0.05) is 12.1 Å². The van der Waals surface area contributed by atoms with Crippen molar-refractivity contribution in [2.45, 2.75) is 18.4 Å². The molecule has 0 fully saturated rings. The van der Waals surface area contributed by atoms with Gasteiger partial charge in [0.2, 0.25) is 15.9 Å². The Morgan fingerprint density at radius 1 is 1.12 bits per heavy atom. The van der Waals surface area contributed by atoms with E-state index in [9.17, 15) is 13.2 Å². The van der Waals surface area contributed by atoms with Crippen molar-refractivity contribution < 1.29 is 13.2 Å². The van der Waals surface area contributed by atoms with Crippen LogP contribution in [0.3, 0.4) is 0 Å². The predicted molar refractivity (Wildman–Crippen MR) is 90.9 cm³/mol. The Labute approximate surface area is 139 Å². The fraction of sp³-hybridized carbons (Fsp3) is 0.125. The van der Waals surface area contributed by atoms with E-state index in [0.717, 1.165) is 11.0 Å². The molecule has 0 atom stereocenters. The van der Waals surface area contributed by atoms with Crippen LogP contribution in [0.4, 0.5) is 5.69 Å². The van der Waals surface area contributed by atoms with E-state index in [1.807, 2.05) is 24.3 Å². The molecule has 3 aromatic rings. The molecule has 124 valence electrons. The van der Waals surface area contributed by atoms with Gasteiger partial charge < -0.3 is 10.3 Å². The van der Waals surface area contributed by atoms with E-state index in [0.29, 0.717) is 11.5 Å². The van der Waals surface area contributed by atoms with Crippen molar-refractivity contribution in [3.8, 4) is 0 Å². The molecular formula is C16H16N4O3S. The Morgan fingerprint density at radius 3 is 2.50 bits per heavy atom. The van der Waals surface area contributed by atoms with Crippen LogP contribution >= 0.6 is 0 Å². The standard InChI is InChI=1S/C16H16N4O3S/c1-11(21)18-12-6-8-13(9-7-12)24(22,23)17-10-16-19-14-4-2-3-5-15(14)20-16/h2-9,17H,10H2,1H3,(H,18,21)(H,19,20). The monoisotopic (exact) mass is 344 g/mol. The summed E-state index contributed by atoms with van der Waals surface area (Å²) >= 11 is 0. The van der Waals surface area contributed by atoms with Crippen LogP contribution < -0.4 is 10.0 Å². The van der Waals surface area contributed by atoms with Gasteiger partial charge in [-0.3, -0.25) is 4.79 Å². The smallest absolute Gasteiger partial charge is 0.240 e. The van der Waals surface area contributed by atoms with Gasteiger partial charge in [0, 0.05) is 12.6 Å². The number of imidazole rings is 1. The summed E-state index contributed by atoms with van der Waals surface area (Å²) in [7, 11) is -3.66. The SMILES string of the molecule is CC(=O)Nc1ccc(S(=O)(=O)NCc2nc3ccccc3[nH]2)cc1. The number of para-hydroxylation sites is 2. The normalized spacial score (nSPS) is 11.5. The third-order valence-electron chi connectivity index (χ3n) is 3.35. The molecule has 2 aromatic carbocycles. The quantitative estimate of drug-likeness (QED) is 0.658. The average molecular weight is 344 g/mol. The number of hydrogen-bond acceptors (Lipinski definition) is 4. The van der Waals surface area contributed by atoms with E-state index < -0.39 is 10.0 Å². The third-order valence-corrected chi connectivity index (χ3v) is 4.77. The third kappa shape index (κ3) is 3.61. The minimum Gasteiger partial charge on any atom is -0.341 e. The number of carbonyl (C=O) groups excluding carboxylic acids is 1. The lowest BCUT2D eigenvalue weighted by molar-refractivity contribution is -0.114. The highest BCUT2D eigenvalue weighted by Gasteiger charge is 2.14. The first-order valence-corrected chi connectivity index (χ1v) is 8.73. The highest BCUT2D eigenvalue weighted by molar-refractivity contribution is 7.89. The number of hydrogen-bond donors (Lipinski definition) is 3. The van der Waals surface area contributed by atoms with Gasteiger partial charge in [-0.05, 0) is 36.4 Å². The summed E-state index contributed by atoms with van der Waals surface area (Å²) in [5.41, 5.74) is 2.18. The van der Waals surface area contributed by atoms with E-state index in [-0.39, 0.29) is 17.3 Å². The average Bonchev–Trinajstić information content (AvgIpc) is 2.96. The van der Waals surface area contributed by atoms with Gasteiger partial charge in [-0.15, -0.1) is 0 Å². The van der Waals surface area contributed by atoms with Crippen LogP contribution in [0.5, 0.6) is 0 Å². The molecule has 0 radical (unpaired) electrons. The van der Waals surface area contributed by atoms with Crippen LogP contribution in [-0.4, -0.2) is 24.3 Å². The second kappa shape index (κ2) is 6.42. The summed E-state index contributed by atoms with van der Waals surface area (Å²) in [6.45, 7) is 1.45. The lowest BCUT2D eigenvalue weighted by Gasteiger charge is -2.07. The molecule has 24 heavy (non-hydrogen) atoms. The Bertz CT molecular complexity index is 945. The van der Waals surface area contributed by atoms with E-state index in [1.165, 1.54) is 31.2 Å². The number of amides is 1. The molecule has 0 aliphatic rings. The van der Waals surface area contributed by atoms with Gasteiger partial charge in [-0.25, -0.2) is 18.1 Å². The first kappa shape index (κ1) is 16.2. The van der Waals surface area contributed by atoms with Crippen LogP contribution in [0.1, 0.15) is 12.7 Å². The number of anilines is 1. The summed E-state index contributed by atoms with van der Waals surface area (Å²) in [6.07, 6.45) is 0. The van der Waals surface area contributed by atoms with Gasteiger partial charge >= 0.3 is 0 Å². The second-order valence-corrected chi connectivity index (χ2v) is 7.00. The van der Waals surface area contributed by atoms with Crippen molar-refractivity contribution in [3.63, 3.8) is 0 Å². The lowest BCUT2D eigenvalue weighted by atomic mass is 10.3. The summed E-state index contributed by atoms with van der Waals surface area (Å²) in [4.78, 5) is 18.5. The second-order valence-electron chi connectivity index (χ2n) is 5.23. The minimum atomic E-state index is -3.66. The van der Waals surface area contributed by atoms with Crippen molar-refractivity contribution in [1.29, 1.82) is 0 Å². The molecule has 1 amide bonds. The molecule has 0 aliphatic carbocycles. The van der Waals surface area contributed by atoms with Crippen molar-refractivity contribution in [2.24, 2.45) is 0 Å². The maximum absolute atomic E-state index is 12.3. The van der Waals surface area contributed by atoms with Crippen molar-refractivity contribution in [2.75, 3.05) is 5.32 Å². The van der Waals surface area contributed by atoms with E-state index in [4.69, 9.17) is 0 Å².